The van der Waals surface area contributed by atoms with Crippen LogP contribution >= 0.6 is 7.14 Å². The highest BCUT2D eigenvalue weighted by Crippen LogP contribution is 2.43. The van der Waals surface area contributed by atoms with E-state index in [1.54, 1.807) is 12.1 Å². The van der Waals surface area contributed by atoms with Crippen molar-refractivity contribution in [2.75, 3.05) is 0 Å². The van der Waals surface area contributed by atoms with Crippen molar-refractivity contribution in [2.45, 2.75) is 0 Å². The highest BCUT2D eigenvalue weighted by atomic mass is 31.2. The first-order chi connectivity index (χ1) is 23.3. The third-order valence-electron chi connectivity index (χ3n) is 7.80. The predicted molar refractivity (Wildman–Crippen MR) is 181 cm³/mol. The third kappa shape index (κ3) is 6.18. The number of hydrogen-bond donors (Lipinski definition) is 0. The summed E-state index contributed by atoms with van der Waals surface area (Å²) in [6, 6.07) is 39.3. The summed E-state index contributed by atoms with van der Waals surface area (Å²) in [6.45, 7) is 0. The second-order valence-corrected chi connectivity index (χ2v) is 13.8. The molecule has 4 nitrogen and oxygen atoms in total. The minimum Gasteiger partial charge on any atom is -0.309 e. The van der Waals surface area contributed by atoms with Gasteiger partial charge in [-0.3, -0.25) is 0 Å². The monoisotopic (exact) mass is 657 g/mol. The van der Waals surface area contributed by atoms with Crippen molar-refractivity contribution >= 4 is 23.1 Å². The molecule has 0 aliphatic carbocycles. The van der Waals surface area contributed by atoms with E-state index < -0.39 is 30.4 Å². The molecule has 0 spiro atoms. The Bertz CT molecular complexity index is 2160. The van der Waals surface area contributed by atoms with Crippen LogP contribution in [0, 0.1) is 23.3 Å². The van der Waals surface area contributed by atoms with E-state index in [0.29, 0.717) is 10.9 Å². The lowest BCUT2D eigenvalue weighted by Gasteiger charge is -2.20. The van der Waals surface area contributed by atoms with E-state index in [9.17, 15) is 22.1 Å². The molecule has 6 aromatic carbocycles. The number of nitrogens with zero attached hydrogens (tertiary/aromatic N) is 3. The van der Waals surface area contributed by atoms with E-state index in [1.807, 2.05) is 97.1 Å². The Morgan fingerprint density at radius 3 is 1.21 bits per heavy atom. The number of aromatic nitrogens is 3. The van der Waals surface area contributed by atoms with Crippen LogP contribution in [-0.2, 0) is 4.57 Å². The van der Waals surface area contributed by atoms with Crippen LogP contribution in [0.3, 0.4) is 0 Å². The smallest absolute Gasteiger partial charge is 0.171 e. The van der Waals surface area contributed by atoms with Gasteiger partial charge in [0.1, 0.15) is 23.3 Å². The molecule has 48 heavy (non-hydrogen) atoms. The van der Waals surface area contributed by atoms with Gasteiger partial charge in [-0.1, -0.05) is 103 Å². The second kappa shape index (κ2) is 12.8. The molecule has 0 fully saturated rings. The van der Waals surface area contributed by atoms with Gasteiger partial charge in [0.15, 0.2) is 24.6 Å². The van der Waals surface area contributed by atoms with Crippen molar-refractivity contribution in [2.24, 2.45) is 0 Å². The molecule has 1 aromatic heterocycles. The van der Waals surface area contributed by atoms with Gasteiger partial charge in [0.25, 0.3) is 0 Å². The number of halogens is 4. The average molecular weight is 658 g/mol. The molecule has 7 rings (SSSR count). The first-order valence-electron chi connectivity index (χ1n) is 14.9. The summed E-state index contributed by atoms with van der Waals surface area (Å²) in [7, 11) is -3.20. The molecule has 0 radical (unpaired) electrons. The lowest BCUT2D eigenvalue weighted by molar-refractivity contribution is 0.583. The molecule has 0 unspecified atom stereocenters. The molecule has 0 atom stereocenters. The van der Waals surface area contributed by atoms with Crippen molar-refractivity contribution in [1.82, 2.24) is 15.0 Å². The summed E-state index contributed by atoms with van der Waals surface area (Å²) >= 11 is 0. The van der Waals surface area contributed by atoms with Crippen molar-refractivity contribution < 1.29 is 22.1 Å². The van der Waals surface area contributed by atoms with Gasteiger partial charge in [0.05, 0.1) is 0 Å². The van der Waals surface area contributed by atoms with Crippen LogP contribution in [-0.4, -0.2) is 15.0 Å². The summed E-state index contributed by atoms with van der Waals surface area (Å²) in [5, 5.41) is 2.13. The maximum atomic E-state index is 14.9. The third-order valence-corrected chi connectivity index (χ3v) is 10.9. The summed E-state index contributed by atoms with van der Waals surface area (Å²) < 4.78 is 71.5. The second-order valence-electron chi connectivity index (χ2n) is 11.0. The van der Waals surface area contributed by atoms with Crippen LogP contribution in [0.2, 0.25) is 0 Å². The van der Waals surface area contributed by atoms with E-state index >= 15 is 0 Å². The summed E-state index contributed by atoms with van der Waals surface area (Å²) in [5.74, 6) is -3.36. The molecule has 0 bridgehead atoms. The Balaban J connectivity index is 1.30. The van der Waals surface area contributed by atoms with Gasteiger partial charge in [0.2, 0.25) is 0 Å². The van der Waals surface area contributed by atoms with Crippen LogP contribution in [0.1, 0.15) is 0 Å². The number of rotatable bonds is 7. The Morgan fingerprint density at radius 1 is 0.354 bits per heavy atom. The fraction of sp³-hybridized carbons (Fsp3) is 0. The van der Waals surface area contributed by atoms with Gasteiger partial charge in [-0.2, -0.15) is 0 Å². The Morgan fingerprint density at radius 2 is 0.750 bits per heavy atom. The molecule has 1 heterocycles. The van der Waals surface area contributed by atoms with Crippen molar-refractivity contribution in [3.63, 3.8) is 0 Å². The fourth-order valence-electron chi connectivity index (χ4n) is 5.55. The zero-order valence-corrected chi connectivity index (χ0v) is 26.0. The topological polar surface area (TPSA) is 55.7 Å². The lowest BCUT2D eigenvalue weighted by Crippen LogP contribution is -2.25. The summed E-state index contributed by atoms with van der Waals surface area (Å²) in [6.07, 6.45) is 0. The van der Waals surface area contributed by atoms with E-state index in [2.05, 4.69) is 15.0 Å². The van der Waals surface area contributed by atoms with Gasteiger partial charge >= 0.3 is 0 Å². The first-order valence-corrected chi connectivity index (χ1v) is 16.6. The maximum absolute atomic E-state index is 14.9. The van der Waals surface area contributed by atoms with E-state index in [0.717, 1.165) is 58.1 Å². The van der Waals surface area contributed by atoms with Gasteiger partial charge in [-0.25, -0.2) is 32.5 Å². The van der Waals surface area contributed by atoms with E-state index in [1.165, 1.54) is 0 Å². The molecule has 0 saturated heterocycles. The van der Waals surface area contributed by atoms with Gasteiger partial charge < -0.3 is 4.57 Å². The molecular weight excluding hydrogens is 633 g/mol. The molecular formula is C39H24F4N3OP. The fourth-order valence-corrected chi connectivity index (χ4v) is 8.24. The normalized spacial score (nSPS) is 11.4. The highest BCUT2D eigenvalue weighted by Gasteiger charge is 2.29. The minimum absolute atomic E-state index is 0.0315. The molecule has 234 valence electrons. The van der Waals surface area contributed by atoms with Crippen LogP contribution < -0.4 is 15.9 Å². The van der Waals surface area contributed by atoms with Crippen molar-refractivity contribution in [1.29, 1.82) is 0 Å². The molecule has 9 heteroatoms. The molecule has 0 amide bonds. The zero-order valence-electron chi connectivity index (χ0n) is 25.1. The van der Waals surface area contributed by atoms with Crippen molar-refractivity contribution in [3.05, 3.63) is 169 Å². The lowest BCUT2D eigenvalue weighted by atomic mass is 10.0. The first kappa shape index (κ1) is 30.9. The molecule has 0 aliphatic rings. The molecule has 0 N–H and O–H groups in total. The average Bonchev–Trinajstić information content (AvgIpc) is 3.11. The molecule has 7 aromatic rings. The quantitative estimate of drug-likeness (QED) is 0.127. The van der Waals surface area contributed by atoms with E-state index in [-0.39, 0.29) is 28.6 Å². The van der Waals surface area contributed by atoms with Crippen LogP contribution in [0.5, 0.6) is 0 Å². The predicted octanol–water partition coefficient (Wildman–Crippen LogP) is 8.74. The Kier molecular flexibility index (Phi) is 8.26. The minimum atomic E-state index is -3.20. The summed E-state index contributed by atoms with van der Waals surface area (Å²) in [5.41, 5.74) is 2.23. The number of hydrogen-bond acceptors (Lipinski definition) is 4. The van der Waals surface area contributed by atoms with Crippen LogP contribution in [0.15, 0.2) is 146 Å². The molecule has 0 saturated carbocycles. The van der Waals surface area contributed by atoms with Gasteiger partial charge in [-0.15, -0.1) is 0 Å². The summed E-state index contributed by atoms with van der Waals surface area (Å²) in [4.78, 5) is 13.2. The largest absolute Gasteiger partial charge is 0.309 e. The Labute approximate surface area is 273 Å². The Hall–Kier alpha value is -5.72. The van der Waals surface area contributed by atoms with Gasteiger partial charge in [0, 0.05) is 44.7 Å². The van der Waals surface area contributed by atoms with Crippen molar-refractivity contribution in [3.8, 4) is 45.3 Å². The number of benzene rings is 6. The SMILES string of the molecule is O=P(c1ccccc1)(c1ccccc1)c1cccc(-c2ccc(-c3nc(-c4cc(F)cc(F)c4)nc(-c4cc(F)cc(F)c4)n3)cc2)c1. The zero-order chi connectivity index (χ0) is 33.3. The molecule has 0 aliphatic heterocycles. The maximum Gasteiger partial charge on any atom is 0.171 e. The van der Waals surface area contributed by atoms with E-state index in [4.69, 9.17) is 0 Å². The standard InChI is InChI=1S/C39H24F4N3OP/c40-30-18-28(19-31(41)23-30)38-44-37(45-39(46-38)29-20-32(42)24-33(43)21-29)26-16-14-25(15-17-26)27-8-7-13-36(22-27)48(47,34-9-3-1-4-10-34)35-11-5-2-6-12-35/h1-24H. The van der Waals surface area contributed by atoms with Crippen LogP contribution in [0.4, 0.5) is 17.6 Å². The van der Waals surface area contributed by atoms with Gasteiger partial charge in [-0.05, 0) is 41.5 Å². The van der Waals surface area contributed by atoms with Crippen LogP contribution in [0.25, 0.3) is 45.3 Å². The highest BCUT2D eigenvalue weighted by molar-refractivity contribution is 7.85.